The molecule has 0 bridgehead atoms. The molecular formula is C15H12N4O. The molecule has 0 saturated carbocycles. The SMILES string of the molecule is O=C(/C=C\c1ccccn1)Nc1ccc2cn[nH]c2c1. The van der Waals surface area contributed by atoms with Gasteiger partial charge in [0.15, 0.2) is 0 Å². The molecule has 2 aromatic heterocycles. The molecule has 5 nitrogen and oxygen atoms in total. The summed E-state index contributed by atoms with van der Waals surface area (Å²) in [4.78, 5) is 15.9. The van der Waals surface area contributed by atoms with E-state index in [1.807, 2.05) is 36.4 Å². The van der Waals surface area contributed by atoms with Crippen molar-refractivity contribution >= 4 is 28.6 Å². The number of H-pyrrole nitrogens is 1. The number of carbonyl (C=O) groups excluding carboxylic acids is 1. The van der Waals surface area contributed by atoms with E-state index in [-0.39, 0.29) is 5.91 Å². The van der Waals surface area contributed by atoms with Crippen LogP contribution in [0.5, 0.6) is 0 Å². The molecule has 2 N–H and O–H groups in total. The average Bonchev–Trinajstić information content (AvgIpc) is 2.94. The van der Waals surface area contributed by atoms with Crippen molar-refractivity contribution < 1.29 is 4.79 Å². The van der Waals surface area contributed by atoms with E-state index >= 15 is 0 Å². The lowest BCUT2D eigenvalue weighted by Gasteiger charge is -2.01. The number of amides is 1. The fourth-order valence-corrected chi connectivity index (χ4v) is 1.83. The number of nitrogens with one attached hydrogen (secondary N) is 2. The van der Waals surface area contributed by atoms with Gasteiger partial charge in [0.2, 0.25) is 5.91 Å². The maximum absolute atomic E-state index is 11.8. The first-order valence-corrected chi connectivity index (χ1v) is 6.14. The largest absolute Gasteiger partial charge is 0.322 e. The number of hydrogen-bond acceptors (Lipinski definition) is 3. The van der Waals surface area contributed by atoms with Gasteiger partial charge >= 0.3 is 0 Å². The lowest BCUT2D eigenvalue weighted by Crippen LogP contribution is -2.07. The summed E-state index contributed by atoms with van der Waals surface area (Å²) in [5, 5.41) is 10.6. The van der Waals surface area contributed by atoms with Gasteiger partial charge in [-0.05, 0) is 36.4 Å². The van der Waals surface area contributed by atoms with Crippen LogP contribution in [0.4, 0.5) is 5.69 Å². The van der Waals surface area contributed by atoms with Crippen LogP contribution in [0.3, 0.4) is 0 Å². The van der Waals surface area contributed by atoms with E-state index in [1.54, 1.807) is 18.5 Å². The van der Waals surface area contributed by atoms with Crippen molar-refractivity contribution in [3.05, 3.63) is 60.6 Å². The van der Waals surface area contributed by atoms with E-state index in [9.17, 15) is 4.79 Å². The van der Waals surface area contributed by atoms with E-state index < -0.39 is 0 Å². The molecule has 0 aliphatic rings. The predicted molar refractivity (Wildman–Crippen MR) is 78.0 cm³/mol. The highest BCUT2D eigenvalue weighted by molar-refractivity contribution is 6.02. The van der Waals surface area contributed by atoms with Crippen LogP contribution in [0.15, 0.2) is 54.9 Å². The molecule has 0 atom stereocenters. The highest BCUT2D eigenvalue weighted by Crippen LogP contribution is 2.16. The quantitative estimate of drug-likeness (QED) is 0.714. The summed E-state index contributed by atoms with van der Waals surface area (Å²) in [5.41, 5.74) is 2.35. The van der Waals surface area contributed by atoms with Crippen LogP contribution < -0.4 is 5.32 Å². The number of carbonyl (C=O) groups is 1. The van der Waals surface area contributed by atoms with E-state index in [0.717, 1.165) is 22.3 Å². The summed E-state index contributed by atoms with van der Waals surface area (Å²) in [5.74, 6) is -0.200. The Kier molecular flexibility index (Phi) is 3.24. The zero-order chi connectivity index (χ0) is 13.8. The Balaban J connectivity index is 1.70. The highest BCUT2D eigenvalue weighted by Gasteiger charge is 2.00. The van der Waals surface area contributed by atoms with Gasteiger partial charge in [0.05, 0.1) is 17.4 Å². The number of anilines is 1. The maximum atomic E-state index is 11.8. The van der Waals surface area contributed by atoms with Gasteiger partial charge in [-0.1, -0.05) is 6.07 Å². The Bertz CT molecular complexity index is 762. The summed E-state index contributed by atoms with van der Waals surface area (Å²) in [7, 11) is 0. The van der Waals surface area contributed by atoms with Crippen molar-refractivity contribution in [1.82, 2.24) is 15.2 Å². The van der Waals surface area contributed by atoms with Crippen LogP contribution in [-0.4, -0.2) is 21.1 Å². The molecule has 0 aliphatic carbocycles. The lowest BCUT2D eigenvalue weighted by atomic mass is 10.2. The standard InChI is InChI=1S/C15H12N4O/c20-15(7-6-12-3-1-2-8-16-12)18-13-5-4-11-10-17-19-14(11)9-13/h1-10H,(H,17,19)(H,18,20)/b7-6-. The van der Waals surface area contributed by atoms with Crippen molar-refractivity contribution in [2.24, 2.45) is 0 Å². The molecule has 98 valence electrons. The number of aromatic nitrogens is 3. The fraction of sp³-hybridized carbons (Fsp3) is 0. The van der Waals surface area contributed by atoms with Gasteiger partial charge in [-0.3, -0.25) is 14.9 Å². The Morgan fingerprint density at radius 3 is 3.05 bits per heavy atom. The van der Waals surface area contributed by atoms with Gasteiger partial charge in [-0.2, -0.15) is 5.10 Å². The molecule has 0 saturated heterocycles. The molecule has 0 radical (unpaired) electrons. The maximum Gasteiger partial charge on any atom is 0.248 e. The number of benzene rings is 1. The monoisotopic (exact) mass is 264 g/mol. The van der Waals surface area contributed by atoms with E-state index in [2.05, 4.69) is 20.5 Å². The topological polar surface area (TPSA) is 70.7 Å². The first-order valence-electron chi connectivity index (χ1n) is 6.14. The first-order chi connectivity index (χ1) is 9.81. The first kappa shape index (κ1) is 12.1. The van der Waals surface area contributed by atoms with E-state index in [1.165, 1.54) is 6.08 Å². The Labute approximate surface area is 115 Å². The van der Waals surface area contributed by atoms with Gasteiger partial charge in [-0.25, -0.2) is 0 Å². The molecule has 1 aromatic carbocycles. The number of fused-ring (bicyclic) bond motifs is 1. The Morgan fingerprint density at radius 2 is 2.20 bits per heavy atom. The second-order valence-electron chi connectivity index (χ2n) is 4.25. The molecular weight excluding hydrogens is 252 g/mol. The van der Waals surface area contributed by atoms with Crippen LogP contribution in [0.2, 0.25) is 0 Å². The lowest BCUT2D eigenvalue weighted by molar-refractivity contribution is -0.111. The molecule has 0 fully saturated rings. The molecule has 0 aliphatic heterocycles. The number of pyridine rings is 1. The summed E-state index contributed by atoms with van der Waals surface area (Å²) in [6.45, 7) is 0. The van der Waals surface area contributed by atoms with Crippen molar-refractivity contribution in [2.45, 2.75) is 0 Å². The van der Waals surface area contributed by atoms with Crippen molar-refractivity contribution in [3.8, 4) is 0 Å². The number of nitrogens with zero attached hydrogens (tertiary/aromatic N) is 2. The third-order valence-electron chi connectivity index (χ3n) is 2.80. The summed E-state index contributed by atoms with van der Waals surface area (Å²) in [6.07, 6.45) is 6.55. The second-order valence-corrected chi connectivity index (χ2v) is 4.25. The Morgan fingerprint density at radius 1 is 1.25 bits per heavy atom. The van der Waals surface area contributed by atoms with Crippen LogP contribution in [0.1, 0.15) is 5.69 Å². The van der Waals surface area contributed by atoms with Gasteiger partial charge in [0, 0.05) is 23.3 Å². The Hall–Kier alpha value is -2.95. The van der Waals surface area contributed by atoms with E-state index in [0.29, 0.717) is 0 Å². The predicted octanol–water partition coefficient (Wildman–Crippen LogP) is 2.61. The van der Waals surface area contributed by atoms with Gasteiger partial charge in [0.1, 0.15) is 0 Å². The smallest absolute Gasteiger partial charge is 0.248 e. The molecule has 20 heavy (non-hydrogen) atoms. The minimum atomic E-state index is -0.200. The van der Waals surface area contributed by atoms with Crippen molar-refractivity contribution in [3.63, 3.8) is 0 Å². The number of rotatable bonds is 3. The summed E-state index contributed by atoms with van der Waals surface area (Å²) in [6, 6.07) is 11.1. The zero-order valence-electron chi connectivity index (χ0n) is 10.6. The third-order valence-corrected chi connectivity index (χ3v) is 2.80. The summed E-state index contributed by atoms with van der Waals surface area (Å²) < 4.78 is 0. The van der Waals surface area contributed by atoms with Crippen LogP contribution in [0, 0.1) is 0 Å². The molecule has 3 rings (SSSR count). The minimum Gasteiger partial charge on any atom is -0.322 e. The highest BCUT2D eigenvalue weighted by atomic mass is 16.1. The van der Waals surface area contributed by atoms with Crippen LogP contribution in [-0.2, 0) is 4.79 Å². The van der Waals surface area contributed by atoms with Crippen LogP contribution in [0.25, 0.3) is 17.0 Å². The number of aromatic amines is 1. The van der Waals surface area contributed by atoms with Crippen molar-refractivity contribution in [1.29, 1.82) is 0 Å². The molecule has 2 heterocycles. The molecule has 5 heteroatoms. The second kappa shape index (κ2) is 5.36. The van der Waals surface area contributed by atoms with Gasteiger partial charge < -0.3 is 5.32 Å². The average molecular weight is 264 g/mol. The molecule has 0 spiro atoms. The van der Waals surface area contributed by atoms with Gasteiger partial charge in [0.25, 0.3) is 0 Å². The fourth-order valence-electron chi connectivity index (χ4n) is 1.83. The zero-order valence-corrected chi connectivity index (χ0v) is 10.6. The van der Waals surface area contributed by atoms with Crippen LogP contribution >= 0.6 is 0 Å². The normalized spacial score (nSPS) is 11.0. The molecule has 3 aromatic rings. The van der Waals surface area contributed by atoms with Gasteiger partial charge in [-0.15, -0.1) is 0 Å². The van der Waals surface area contributed by atoms with Crippen molar-refractivity contribution in [2.75, 3.05) is 5.32 Å². The molecule has 1 amide bonds. The molecule has 0 unspecified atom stereocenters. The minimum absolute atomic E-state index is 0.200. The number of hydrogen-bond donors (Lipinski definition) is 2. The third kappa shape index (κ3) is 2.72. The summed E-state index contributed by atoms with van der Waals surface area (Å²) >= 11 is 0. The van der Waals surface area contributed by atoms with E-state index in [4.69, 9.17) is 0 Å².